The SMILES string of the molecule is COC(=O)c1cc(-c2cncn2C)nc2cc(C3CC3)ccc12. The van der Waals surface area contributed by atoms with Crippen LogP contribution in [0.15, 0.2) is 36.8 Å². The monoisotopic (exact) mass is 307 g/mol. The van der Waals surface area contributed by atoms with Gasteiger partial charge in [-0.15, -0.1) is 0 Å². The predicted molar refractivity (Wildman–Crippen MR) is 87.3 cm³/mol. The molecule has 1 aliphatic rings. The molecule has 0 spiro atoms. The maximum absolute atomic E-state index is 12.2. The Hall–Kier alpha value is -2.69. The molecule has 23 heavy (non-hydrogen) atoms. The third kappa shape index (κ3) is 2.38. The summed E-state index contributed by atoms with van der Waals surface area (Å²) >= 11 is 0. The van der Waals surface area contributed by atoms with Crippen LogP contribution in [-0.2, 0) is 11.8 Å². The largest absolute Gasteiger partial charge is 0.465 e. The first-order chi connectivity index (χ1) is 11.2. The molecule has 2 aromatic heterocycles. The number of fused-ring (bicyclic) bond motifs is 1. The van der Waals surface area contributed by atoms with Crippen LogP contribution in [-0.4, -0.2) is 27.6 Å². The number of carbonyl (C=O) groups excluding carboxylic acids is 1. The van der Waals surface area contributed by atoms with Gasteiger partial charge in [0.15, 0.2) is 0 Å². The van der Waals surface area contributed by atoms with E-state index in [0.717, 1.165) is 22.3 Å². The number of nitrogens with zero attached hydrogens (tertiary/aromatic N) is 3. The number of aromatic nitrogens is 3. The molecule has 1 fully saturated rings. The number of carbonyl (C=O) groups is 1. The van der Waals surface area contributed by atoms with Gasteiger partial charge in [-0.2, -0.15) is 0 Å². The fourth-order valence-electron chi connectivity index (χ4n) is 2.93. The number of rotatable bonds is 3. The summed E-state index contributed by atoms with van der Waals surface area (Å²) in [6.45, 7) is 0. The van der Waals surface area contributed by atoms with Crippen molar-refractivity contribution in [3.05, 3.63) is 47.9 Å². The molecule has 2 heterocycles. The lowest BCUT2D eigenvalue weighted by atomic mass is 10.0. The van der Waals surface area contributed by atoms with Crippen molar-refractivity contribution < 1.29 is 9.53 Å². The summed E-state index contributed by atoms with van der Waals surface area (Å²) in [6.07, 6.45) is 5.94. The molecular weight excluding hydrogens is 290 g/mol. The van der Waals surface area contributed by atoms with E-state index in [4.69, 9.17) is 9.72 Å². The van der Waals surface area contributed by atoms with Crippen molar-refractivity contribution in [2.24, 2.45) is 7.05 Å². The van der Waals surface area contributed by atoms with E-state index in [9.17, 15) is 4.79 Å². The highest BCUT2D eigenvalue weighted by Gasteiger charge is 2.24. The fraction of sp³-hybridized carbons (Fsp3) is 0.278. The number of pyridine rings is 1. The Morgan fingerprint density at radius 1 is 1.30 bits per heavy atom. The van der Waals surface area contributed by atoms with E-state index in [1.165, 1.54) is 25.5 Å². The number of ether oxygens (including phenoxy) is 1. The third-order valence-electron chi connectivity index (χ3n) is 4.37. The molecule has 0 atom stereocenters. The molecule has 1 saturated carbocycles. The van der Waals surface area contributed by atoms with Crippen molar-refractivity contribution in [3.63, 3.8) is 0 Å². The first-order valence-electron chi connectivity index (χ1n) is 7.67. The molecule has 5 nitrogen and oxygen atoms in total. The molecule has 5 heteroatoms. The summed E-state index contributed by atoms with van der Waals surface area (Å²) in [5.74, 6) is 0.295. The quantitative estimate of drug-likeness (QED) is 0.697. The summed E-state index contributed by atoms with van der Waals surface area (Å²) in [5.41, 5.74) is 4.26. The Labute approximate surface area is 133 Å². The Morgan fingerprint density at radius 3 is 2.78 bits per heavy atom. The zero-order valence-corrected chi connectivity index (χ0v) is 13.1. The minimum atomic E-state index is -0.347. The lowest BCUT2D eigenvalue weighted by Crippen LogP contribution is -2.05. The number of hydrogen-bond donors (Lipinski definition) is 0. The van der Waals surface area contributed by atoms with Gasteiger partial charge in [-0.1, -0.05) is 12.1 Å². The molecule has 0 unspecified atom stereocenters. The predicted octanol–water partition coefficient (Wildman–Crippen LogP) is 3.30. The van der Waals surface area contributed by atoms with Crippen LogP contribution in [0.5, 0.6) is 0 Å². The smallest absolute Gasteiger partial charge is 0.338 e. The second kappa shape index (κ2) is 5.19. The fourth-order valence-corrected chi connectivity index (χ4v) is 2.93. The number of aryl methyl sites for hydroxylation is 1. The van der Waals surface area contributed by atoms with Crippen LogP contribution >= 0.6 is 0 Å². The van der Waals surface area contributed by atoms with Gasteiger partial charge >= 0.3 is 5.97 Å². The molecular formula is C18H17N3O2. The number of imidazole rings is 1. The Morgan fingerprint density at radius 2 is 2.13 bits per heavy atom. The second-order valence-electron chi connectivity index (χ2n) is 5.99. The maximum Gasteiger partial charge on any atom is 0.338 e. The Bertz CT molecular complexity index is 910. The highest BCUT2D eigenvalue weighted by atomic mass is 16.5. The topological polar surface area (TPSA) is 57.0 Å². The molecule has 4 rings (SSSR count). The molecule has 1 aromatic carbocycles. The highest BCUT2D eigenvalue weighted by molar-refractivity contribution is 6.04. The van der Waals surface area contributed by atoms with Gasteiger partial charge in [0.25, 0.3) is 0 Å². The summed E-state index contributed by atoms with van der Waals surface area (Å²) in [6, 6.07) is 7.95. The standard InChI is InChI=1S/C18H17N3O2/c1-21-10-19-9-17(21)16-8-14(18(22)23-2)13-6-5-12(11-3-4-11)7-15(13)20-16/h5-11H,3-4H2,1-2H3. The average Bonchev–Trinajstić information content (AvgIpc) is 3.34. The van der Waals surface area contributed by atoms with E-state index in [2.05, 4.69) is 17.1 Å². The number of benzene rings is 1. The molecule has 0 radical (unpaired) electrons. The molecule has 3 aromatic rings. The van der Waals surface area contributed by atoms with Crippen molar-refractivity contribution in [2.45, 2.75) is 18.8 Å². The van der Waals surface area contributed by atoms with Gasteiger partial charge in [-0.25, -0.2) is 14.8 Å². The van der Waals surface area contributed by atoms with Crippen molar-refractivity contribution in [1.82, 2.24) is 14.5 Å². The first-order valence-corrected chi connectivity index (χ1v) is 7.67. The van der Waals surface area contributed by atoms with E-state index < -0.39 is 0 Å². The number of methoxy groups -OCH3 is 1. The Balaban J connectivity index is 1.96. The van der Waals surface area contributed by atoms with Crippen LogP contribution in [0.2, 0.25) is 0 Å². The van der Waals surface area contributed by atoms with Gasteiger partial charge < -0.3 is 9.30 Å². The van der Waals surface area contributed by atoms with Crippen LogP contribution in [0.3, 0.4) is 0 Å². The first kappa shape index (κ1) is 13.9. The summed E-state index contributed by atoms with van der Waals surface area (Å²) in [7, 11) is 3.31. The molecule has 1 aliphatic carbocycles. The van der Waals surface area contributed by atoms with Crippen molar-refractivity contribution in [2.75, 3.05) is 7.11 Å². The minimum absolute atomic E-state index is 0.347. The molecule has 0 bridgehead atoms. The third-order valence-corrected chi connectivity index (χ3v) is 4.37. The minimum Gasteiger partial charge on any atom is -0.465 e. The van der Waals surface area contributed by atoms with Crippen LogP contribution in [0.25, 0.3) is 22.3 Å². The molecule has 0 amide bonds. The van der Waals surface area contributed by atoms with E-state index in [1.807, 2.05) is 17.7 Å². The zero-order valence-electron chi connectivity index (χ0n) is 13.1. The van der Waals surface area contributed by atoms with E-state index in [1.54, 1.807) is 18.6 Å². The van der Waals surface area contributed by atoms with Crippen LogP contribution in [0.4, 0.5) is 0 Å². The second-order valence-corrected chi connectivity index (χ2v) is 5.99. The summed E-state index contributed by atoms with van der Waals surface area (Å²) < 4.78 is 6.84. The van der Waals surface area contributed by atoms with Gasteiger partial charge in [-0.3, -0.25) is 0 Å². The van der Waals surface area contributed by atoms with Gasteiger partial charge in [0.05, 0.1) is 42.1 Å². The van der Waals surface area contributed by atoms with Crippen LogP contribution in [0, 0.1) is 0 Å². The lowest BCUT2D eigenvalue weighted by Gasteiger charge is -2.10. The van der Waals surface area contributed by atoms with Gasteiger partial charge in [0.1, 0.15) is 0 Å². The average molecular weight is 307 g/mol. The van der Waals surface area contributed by atoms with E-state index in [0.29, 0.717) is 11.5 Å². The van der Waals surface area contributed by atoms with Crippen molar-refractivity contribution in [3.8, 4) is 11.4 Å². The molecule has 0 saturated heterocycles. The van der Waals surface area contributed by atoms with Gasteiger partial charge in [0, 0.05) is 12.4 Å². The van der Waals surface area contributed by atoms with E-state index in [-0.39, 0.29) is 5.97 Å². The highest BCUT2D eigenvalue weighted by Crippen LogP contribution is 2.41. The Kier molecular flexibility index (Phi) is 3.15. The molecule has 0 N–H and O–H groups in total. The molecule has 0 aliphatic heterocycles. The lowest BCUT2D eigenvalue weighted by molar-refractivity contribution is 0.0603. The van der Waals surface area contributed by atoms with E-state index >= 15 is 0 Å². The van der Waals surface area contributed by atoms with Gasteiger partial charge in [0.2, 0.25) is 0 Å². The molecule has 116 valence electrons. The van der Waals surface area contributed by atoms with Gasteiger partial charge in [-0.05, 0) is 36.5 Å². The van der Waals surface area contributed by atoms with Crippen molar-refractivity contribution >= 4 is 16.9 Å². The van der Waals surface area contributed by atoms with Crippen LogP contribution in [0.1, 0.15) is 34.7 Å². The van der Waals surface area contributed by atoms with Crippen molar-refractivity contribution in [1.29, 1.82) is 0 Å². The number of hydrogen-bond acceptors (Lipinski definition) is 4. The normalized spacial score (nSPS) is 14.2. The summed E-state index contributed by atoms with van der Waals surface area (Å²) in [4.78, 5) is 21.1. The maximum atomic E-state index is 12.2. The zero-order chi connectivity index (χ0) is 16.0. The van der Waals surface area contributed by atoms with Crippen LogP contribution < -0.4 is 0 Å². The summed E-state index contributed by atoms with van der Waals surface area (Å²) in [5, 5.41) is 0.826. The number of esters is 1.